The smallest absolute Gasteiger partial charge is 0.247 e. The number of hydrogen-bond acceptors (Lipinski definition) is 5. The van der Waals surface area contributed by atoms with Crippen molar-refractivity contribution in [3.63, 3.8) is 0 Å². The third-order valence-corrected chi connectivity index (χ3v) is 5.21. The predicted octanol–water partition coefficient (Wildman–Crippen LogP) is 4.19. The Labute approximate surface area is 154 Å². The molecule has 0 aliphatic heterocycles. The average Bonchev–Trinajstić information content (AvgIpc) is 3.12. The molecule has 0 bridgehead atoms. The number of hydrogen-bond donors (Lipinski definition) is 0. The lowest BCUT2D eigenvalue weighted by Crippen LogP contribution is -2.33. The van der Waals surface area contributed by atoms with Crippen LogP contribution in [-0.4, -0.2) is 27.0 Å². The molecular formula is C18H16ClN3O2S. The summed E-state index contributed by atoms with van der Waals surface area (Å²) in [5, 5.41) is 10.8. The molecule has 0 N–H and O–H groups in total. The summed E-state index contributed by atoms with van der Waals surface area (Å²) in [6, 6.07) is 11.5. The van der Waals surface area contributed by atoms with Crippen molar-refractivity contribution in [2.75, 3.05) is 0 Å². The fourth-order valence-electron chi connectivity index (χ4n) is 2.64. The van der Waals surface area contributed by atoms with Crippen LogP contribution in [-0.2, 0) is 17.8 Å². The van der Waals surface area contributed by atoms with Crippen LogP contribution in [0.15, 0.2) is 46.2 Å². The topological polar surface area (TPSA) is 59.2 Å². The van der Waals surface area contributed by atoms with Crippen LogP contribution >= 0.6 is 22.9 Å². The zero-order valence-electron chi connectivity index (χ0n) is 13.4. The van der Waals surface area contributed by atoms with E-state index in [2.05, 4.69) is 10.2 Å². The van der Waals surface area contributed by atoms with Crippen LogP contribution in [0.5, 0.6) is 0 Å². The van der Waals surface area contributed by atoms with Gasteiger partial charge in [-0.3, -0.25) is 4.79 Å². The molecule has 1 fully saturated rings. The number of thiophene rings is 1. The van der Waals surface area contributed by atoms with E-state index in [0.29, 0.717) is 35.8 Å². The van der Waals surface area contributed by atoms with Gasteiger partial charge in [0.15, 0.2) is 0 Å². The average molecular weight is 374 g/mol. The Hall–Kier alpha value is -2.18. The van der Waals surface area contributed by atoms with Crippen molar-refractivity contribution >= 4 is 28.8 Å². The SMILES string of the molecule is O=C(Cc1cccs1)N(Cc1nnc(-c2ccc(Cl)cc2)o1)C1CC1. The first-order valence-electron chi connectivity index (χ1n) is 8.09. The number of aromatic nitrogens is 2. The Morgan fingerprint density at radius 3 is 2.72 bits per heavy atom. The predicted molar refractivity (Wildman–Crippen MR) is 96.3 cm³/mol. The number of carbonyl (C=O) groups excluding carboxylic acids is 1. The molecule has 1 aliphatic rings. The first kappa shape index (κ1) is 16.3. The van der Waals surface area contributed by atoms with Gasteiger partial charge in [0, 0.05) is 21.5 Å². The number of nitrogens with zero attached hydrogens (tertiary/aromatic N) is 3. The largest absolute Gasteiger partial charge is 0.419 e. The molecule has 3 aromatic rings. The second-order valence-electron chi connectivity index (χ2n) is 6.02. The van der Waals surface area contributed by atoms with E-state index in [1.807, 2.05) is 34.5 Å². The summed E-state index contributed by atoms with van der Waals surface area (Å²) in [6.07, 6.45) is 2.50. The van der Waals surface area contributed by atoms with Crippen molar-refractivity contribution in [2.45, 2.75) is 31.8 Å². The third-order valence-electron chi connectivity index (χ3n) is 4.08. The molecule has 128 valence electrons. The molecule has 0 atom stereocenters. The van der Waals surface area contributed by atoms with Gasteiger partial charge < -0.3 is 9.32 Å². The number of amides is 1. The normalized spacial score (nSPS) is 13.8. The highest BCUT2D eigenvalue weighted by molar-refractivity contribution is 7.10. The molecule has 0 unspecified atom stereocenters. The van der Waals surface area contributed by atoms with Crippen molar-refractivity contribution in [2.24, 2.45) is 0 Å². The lowest BCUT2D eigenvalue weighted by atomic mass is 10.2. The minimum Gasteiger partial charge on any atom is -0.419 e. The van der Waals surface area contributed by atoms with Gasteiger partial charge in [-0.05, 0) is 48.6 Å². The van der Waals surface area contributed by atoms with Crippen LogP contribution in [0.3, 0.4) is 0 Å². The summed E-state index contributed by atoms with van der Waals surface area (Å²) in [6.45, 7) is 0.357. The van der Waals surface area contributed by atoms with Gasteiger partial charge in [-0.25, -0.2) is 0 Å². The van der Waals surface area contributed by atoms with E-state index >= 15 is 0 Å². The van der Waals surface area contributed by atoms with Gasteiger partial charge in [-0.15, -0.1) is 21.5 Å². The molecule has 0 radical (unpaired) electrons. The molecule has 2 heterocycles. The Kier molecular flexibility index (Phi) is 4.55. The van der Waals surface area contributed by atoms with Gasteiger partial charge in [0.25, 0.3) is 0 Å². The summed E-state index contributed by atoms with van der Waals surface area (Å²) < 4.78 is 5.75. The fourth-order valence-corrected chi connectivity index (χ4v) is 3.47. The van der Waals surface area contributed by atoms with Crippen LogP contribution < -0.4 is 0 Å². The Bertz CT molecular complexity index is 857. The molecule has 0 spiro atoms. The molecule has 5 nitrogen and oxygen atoms in total. The first-order chi connectivity index (χ1) is 12.2. The molecule has 1 amide bonds. The molecule has 2 aromatic heterocycles. The van der Waals surface area contributed by atoms with Crippen LogP contribution in [0.1, 0.15) is 23.6 Å². The van der Waals surface area contributed by atoms with Crippen LogP contribution in [0.25, 0.3) is 11.5 Å². The van der Waals surface area contributed by atoms with E-state index in [9.17, 15) is 4.79 Å². The monoisotopic (exact) mass is 373 g/mol. The van der Waals surface area contributed by atoms with Gasteiger partial charge >= 0.3 is 0 Å². The summed E-state index contributed by atoms with van der Waals surface area (Å²) >= 11 is 7.50. The van der Waals surface area contributed by atoms with Crippen molar-refractivity contribution in [3.05, 3.63) is 57.6 Å². The zero-order chi connectivity index (χ0) is 17.2. The van der Waals surface area contributed by atoms with Crippen molar-refractivity contribution < 1.29 is 9.21 Å². The van der Waals surface area contributed by atoms with Crippen molar-refractivity contribution in [1.29, 1.82) is 0 Å². The minimum atomic E-state index is 0.108. The molecule has 0 saturated heterocycles. The number of rotatable bonds is 6. The molecule has 1 saturated carbocycles. The van der Waals surface area contributed by atoms with Gasteiger partial charge in [0.2, 0.25) is 17.7 Å². The fraction of sp³-hybridized carbons (Fsp3) is 0.278. The van der Waals surface area contributed by atoms with Gasteiger partial charge in [0.1, 0.15) is 0 Å². The van der Waals surface area contributed by atoms with E-state index in [1.54, 1.807) is 23.5 Å². The lowest BCUT2D eigenvalue weighted by molar-refractivity contribution is -0.131. The maximum absolute atomic E-state index is 12.6. The van der Waals surface area contributed by atoms with E-state index in [1.165, 1.54) is 0 Å². The van der Waals surface area contributed by atoms with Crippen molar-refractivity contribution in [1.82, 2.24) is 15.1 Å². The highest BCUT2D eigenvalue weighted by atomic mass is 35.5. The highest BCUT2D eigenvalue weighted by Gasteiger charge is 2.33. The maximum atomic E-state index is 12.6. The van der Waals surface area contributed by atoms with Gasteiger partial charge in [0.05, 0.1) is 13.0 Å². The Balaban J connectivity index is 1.47. The molecule has 1 aliphatic carbocycles. The lowest BCUT2D eigenvalue weighted by Gasteiger charge is -2.20. The van der Waals surface area contributed by atoms with Crippen LogP contribution in [0.4, 0.5) is 0 Å². The van der Waals surface area contributed by atoms with Crippen LogP contribution in [0, 0.1) is 0 Å². The Morgan fingerprint density at radius 2 is 2.04 bits per heavy atom. The number of benzene rings is 1. The van der Waals surface area contributed by atoms with E-state index in [0.717, 1.165) is 23.3 Å². The van der Waals surface area contributed by atoms with E-state index in [-0.39, 0.29) is 5.91 Å². The summed E-state index contributed by atoms with van der Waals surface area (Å²) in [5.74, 6) is 1.00. The van der Waals surface area contributed by atoms with Gasteiger partial charge in [-0.1, -0.05) is 17.7 Å². The number of halogens is 1. The first-order valence-corrected chi connectivity index (χ1v) is 9.35. The second kappa shape index (κ2) is 6.98. The standard InChI is InChI=1S/C18H16ClN3O2S/c19-13-5-3-12(4-6-13)18-21-20-16(24-18)11-22(14-7-8-14)17(23)10-15-2-1-9-25-15/h1-6,9,14H,7-8,10-11H2. The summed E-state index contributed by atoms with van der Waals surface area (Å²) in [5.41, 5.74) is 0.811. The summed E-state index contributed by atoms with van der Waals surface area (Å²) in [4.78, 5) is 15.6. The molecular weight excluding hydrogens is 358 g/mol. The molecule has 4 rings (SSSR count). The quantitative estimate of drug-likeness (QED) is 0.650. The van der Waals surface area contributed by atoms with E-state index < -0.39 is 0 Å². The summed E-state index contributed by atoms with van der Waals surface area (Å²) in [7, 11) is 0. The highest BCUT2D eigenvalue weighted by Crippen LogP contribution is 2.30. The molecule has 7 heteroatoms. The third kappa shape index (κ3) is 3.91. The number of carbonyl (C=O) groups is 1. The second-order valence-corrected chi connectivity index (χ2v) is 7.49. The Morgan fingerprint density at radius 1 is 1.24 bits per heavy atom. The molecule has 25 heavy (non-hydrogen) atoms. The minimum absolute atomic E-state index is 0.108. The van der Waals surface area contributed by atoms with Crippen LogP contribution in [0.2, 0.25) is 5.02 Å². The van der Waals surface area contributed by atoms with Gasteiger partial charge in [-0.2, -0.15) is 0 Å². The maximum Gasteiger partial charge on any atom is 0.247 e. The van der Waals surface area contributed by atoms with Crippen molar-refractivity contribution in [3.8, 4) is 11.5 Å². The van der Waals surface area contributed by atoms with E-state index in [4.69, 9.17) is 16.0 Å². The molecule has 1 aromatic carbocycles. The zero-order valence-corrected chi connectivity index (χ0v) is 15.0.